The van der Waals surface area contributed by atoms with E-state index in [4.69, 9.17) is 16.3 Å². The van der Waals surface area contributed by atoms with E-state index in [1.165, 1.54) is 18.2 Å². The summed E-state index contributed by atoms with van der Waals surface area (Å²) in [6.45, 7) is 3.30. The highest BCUT2D eigenvalue weighted by Gasteiger charge is 2.14. The van der Waals surface area contributed by atoms with E-state index in [-0.39, 0.29) is 11.4 Å². The number of hydrogen-bond acceptors (Lipinski definition) is 3. The highest BCUT2D eigenvalue weighted by atomic mass is 35.5. The van der Waals surface area contributed by atoms with Crippen LogP contribution >= 0.6 is 11.6 Å². The molecule has 5 heteroatoms. The molecule has 0 aromatic heterocycles. The van der Waals surface area contributed by atoms with E-state index in [1.54, 1.807) is 0 Å². The van der Waals surface area contributed by atoms with E-state index >= 15 is 0 Å². The molecular weight excluding hydrogens is 194 g/mol. The highest BCUT2D eigenvalue weighted by molar-refractivity contribution is 6.30. The maximum Gasteiger partial charge on any atom is 0.311 e. The molecule has 0 saturated heterocycles. The molecule has 0 amide bonds. The molecule has 1 aromatic carbocycles. The van der Waals surface area contributed by atoms with Crippen LogP contribution in [0.2, 0.25) is 5.02 Å². The van der Waals surface area contributed by atoms with Crippen molar-refractivity contribution in [3.63, 3.8) is 0 Å². The summed E-state index contributed by atoms with van der Waals surface area (Å²) in [5.41, 5.74) is -0.135. The van der Waals surface area contributed by atoms with Crippen molar-refractivity contribution in [1.29, 1.82) is 0 Å². The molecule has 0 saturated carbocycles. The second-order valence-electron chi connectivity index (χ2n) is 2.15. The molecule has 0 atom stereocenters. The number of nitro groups is 1. The van der Waals surface area contributed by atoms with Gasteiger partial charge in [-0.2, -0.15) is 0 Å². The average Bonchev–Trinajstić information content (AvgIpc) is 2.04. The van der Waals surface area contributed by atoms with Gasteiger partial charge < -0.3 is 4.74 Å². The highest BCUT2D eigenvalue weighted by Crippen LogP contribution is 2.29. The number of nitro benzene ring substituents is 1. The van der Waals surface area contributed by atoms with Gasteiger partial charge in [0.1, 0.15) is 0 Å². The normalized spacial score (nSPS) is 9.31. The number of rotatable bonds is 3. The van der Waals surface area contributed by atoms with Gasteiger partial charge in [-0.15, -0.1) is 0 Å². The van der Waals surface area contributed by atoms with Crippen LogP contribution in [0.3, 0.4) is 0 Å². The molecule has 0 aliphatic carbocycles. The molecule has 0 radical (unpaired) electrons. The molecule has 0 N–H and O–H groups in total. The molecule has 0 bridgehead atoms. The van der Waals surface area contributed by atoms with Crippen molar-refractivity contribution in [1.82, 2.24) is 0 Å². The lowest BCUT2D eigenvalue weighted by Gasteiger charge is -2.00. The molecule has 0 aliphatic heterocycles. The van der Waals surface area contributed by atoms with E-state index in [1.807, 2.05) is 0 Å². The van der Waals surface area contributed by atoms with Gasteiger partial charge >= 0.3 is 5.69 Å². The lowest BCUT2D eigenvalue weighted by molar-refractivity contribution is -0.385. The van der Waals surface area contributed by atoms with Gasteiger partial charge in [0, 0.05) is 17.2 Å². The van der Waals surface area contributed by atoms with Gasteiger partial charge in [-0.3, -0.25) is 10.1 Å². The van der Waals surface area contributed by atoms with Gasteiger partial charge in [0.25, 0.3) is 0 Å². The van der Waals surface area contributed by atoms with Crippen molar-refractivity contribution in [2.24, 2.45) is 0 Å². The minimum absolute atomic E-state index is 0.0903. The fraction of sp³-hybridized carbons (Fsp3) is 0. The van der Waals surface area contributed by atoms with Crippen LogP contribution in [0.5, 0.6) is 5.75 Å². The number of benzene rings is 1. The molecule has 0 heterocycles. The summed E-state index contributed by atoms with van der Waals surface area (Å²) in [5.74, 6) is 0.0903. The molecule has 4 nitrogen and oxygen atoms in total. The predicted octanol–water partition coefficient (Wildman–Crippen LogP) is 2.77. The van der Waals surface area contributed by atoms with Gasteiger partial charge in [0.2, 0.25) is 5.75 Å². The Balaban J connectivity index is 3.17. The molecule has 0 fully saturated rings. The van der Waals surface area contributed by atoms with E-state index in [0.29, 0.717) is 5.02 Å². The third kappa shape index (κ3) is 2.19. The minimum Gasteiger partial charge on any atom is -0.458 e. The summed E-state index contributed by atoms with van der Waals surface area (Å²) in [6, 6.07) is 4.07. The van der Waals surface area contributed by atoms with Crippen LogP contribution < -0.4 is 4.74 Å². The van der Waals surface area contributed by atoms with Crippen LogP contribution in [0.1, 0.15) is 0 Å². The van der Waals surface area contributed by atoms with Crippen molar-refractivity contribution in [2.75, 3.05) is 0 Å². The number of hydrogen-bond donors (Lipinski definition) is 0. The standard InChI is InChI=1S/C8H6ClNO3/c1-2-13-8-5-6(9)3-4-7(8)10(11)12/h2-5H,1H2. The Morgan fingerprint density at radius 1 is 1.62 bits per heavy atom. The number of ether oxygens (including phenoxy) is 1. The molecule has 68 valence electrons. The molecule has 1 rings (SSSR count). The molecule has 0 aliphatic rings. The first-order valence-corrected chi connectivity index (χ1v) is 3.74. The number of halogens is 1. The van der Waals surface area contributed by atoms with Crippen LogP contribution in [0.4, 0.5) is 5.69 Å². The first-order chi connectivity index (χ1) is 6.15. The summed E-state index contributed by atoms with van der Waals surface area (Å²) in [7, 11) is 0. The summed E-state index contributed by atoms with van der Waals surface area (Å²) in [4.78, 5) is 9.91. The molecule has 13 heavy (non-hydrogen) atoms. The van der Waals surface area contributed by atoms with Gasteiger partial charge in [0.15, 0.2) is 0 Å². The fourth-order valence-corrected chi connectivity index (χ4v) is 0.985. The van der Waals surface area contributed by atoms with E-state index in [2.05, 4.69) is 6.58 Å². The van der Waals surface area contributed by atoms with Gasteiger partial charge in [-0.1, -0.05) is 18.2 Å². The van der Waals surface area contributed by atoms with Crippen LogP contribution in [0.25, 0.3) is 0 Å². The Bertz CT molecular complexity index is 351. The zero-order valence-electron chi connectivity index (χ0n) is 6.57. The Hall–Kier alpha value is -1.55. The Morgan fingerprint density at radius 3 is 2.85 bits per heavy atom. The summed E-state index contributed by atoms with van der Waals surface area (Å²) in [5, 5.41) is 10.8. The van der Waals surface area contributed by atoms with Crippen molar-refractivity contribution >= 4 is 17.3 Å². The monoisotopic (exact) mass is 199 g/mol. The Labute approximate surface area is 79.5 Å². The van der Waals surface area contributed by atoms with E-state index in [0.717, 1.165) is 6.26 Å². The number of nitrogens with zero attached hydrogens (tertiary/aromatic N) is 1. The predicted molar refractivity (Wildman–Crippen MR) is 48.9 cm³/mol. The van der Waals surface area contributed by atoms with Crippen molar-refractivity contribution in [2.45, 2.75) is 0 Å². The molecule has 1 aromatic rings. The quantitative estimate of drug-likeness (QED) is 0.427. The van der Waals surface area contributed by atoms with E-state index in [9.17, 15) is 10.1 Å². The van der Waals surface area contributed by atoms with E-state index < -0.39 is 4.92 Å². The Morgan fingerprint density at radius 2 is 2.31 bits per heavy atom. The summed E-state index contributed by atoms with van der Waals surface area (Å²) in [6.07, 6.45) is 1.11. The van der Waals surface area contributed by atoms with Crippen molar-refractivity contribution in [3.8, 4) is 5.75 Å². The maximum atomic E-state index is 10.5. The van der Waals surface area contributed by atoms with Crippen molar-refractivity contribution < 1.29 is 9.66 Å². The van der Waals surface area contributed by atoms with Crippen LogP contribution in [-0.2, 0) is 0 Å². The largest absolute Gasteiger partial charge is 0.458 e. The van der Waals surface area contributed by atoms with Crippen molar-refractivity contribution in [3.05, 3.63) is 46.2 Å². The first kappa shape index (κ1) is 9.54. The first-order valence-electron chi connectivity index (χ1n) is 3.36. The summed E-state index contributed by atoms with van der Waals surface area (Å²) >= 11 is 5.62. The third-order valence-corrected chi connectivity index (χ3v) is 1.56. The maximum absolute atomic E-state index is 10.5. The molecular formula is C8H6ClNO3. The molecule has 0 spiro atoms. The fourth-order valence-electron chi connectivity index (χ4n) is 0.823. The van der Waals surface area contributed by atoms with Gasteiger partial charge in [0.05, 0.1) is 11.2 Å². The van der Waals surface area contributed by atoms with Crippen LogP contribution in [-0.4, -0.2) is 4.92 Å². The van der Waals surface area contributed by atoms with Crippen LogP contribution in [0.15, 0.2) is 31.0 Å². The van der Waals surface area contributed by atoms with Gasteiger partial charge in [-0.05, 0) is 6.07 Å². The topological polar surface area (TPSA) is 52.4 Å². The second kappa shape index (κ2) is 3.91. The molecule has 0 unspecified atom stereocenters. The third-order valence-electron chi connectivity index (χ3n) is 1.33. The smallest absolute Gasteiger partial charge is 0.311 e. The summed E-state index contributed by atoms with van der Waals surface area (Å²) < 4.78 is 4.82. The average molecular weight is 200 g/mol. The van der Waals surface area contributed by atoms with Crippen LogP contribution in [0, 0.1) is 10.1 Å². The lowest BCUT2D eigenvalue weighted by atomic mass is 10.3. The second-order valence-corrected chi connectivity index (χ2v) is 2.59. The lowest BCUT2D eigenvalue weighted by Crippen LogP contribution is -1.92. The van der Waals surface area contributed by atoms with Gasteiger partial charge in [-0.25, -0.2) is 0 Å². The zero-order valence-corrected chi connectivity index (χ0v) is 7.32. The minimum atomic E-state index is -0.546. The zero-order chi connectivity index (χ0) is 9.84. The SMILES string of the molecule is C=COc1cc(Cl)ccc1[N+](=O)[O-]. The Kier molecular flexibility index (Phi) is 2.87.